The number of benzene rings is 1. The van der Waals surface area contributed by atoms with E-state index in [0.717, 1.165) is 30.4 Å². The number of sulfonamides is 2. The number of para-hydroxylation sites is 2. The van der Waals surface area contributed by atoms with E-state index in [1.807, 2.05) is 0 Å². The van der Waals surface area contributed by atoms with Gasteiger partial charge in [-0.3, -0.25) is 9.52 Å². The van der Waals surface area contributed by atoms with Crippen molar-refractivity contribution in [3.05, 3.63) is 41.3 Å². The zero-order valence-electron chi connectivity index (χ0n) is 15.2. The number of nitrogens with zero attached hydrogens (tertiary/aromatic N) is 1. The van der Waals surface area contributed by atoms with Crippen LogP contribution in [0.5, 0.6) is 0 Å². The topological polar surface area (TPSA) is 113 Å². The summed E-state index contributed by atoms with van der Waals surface area (Å²) in [4.78, 5) is 13.0. The first-order chi connectivity index (χ1) is 13.1. The lowest BCUT2D eigenvalue weighted by Crippen LogP contribution is -2.27. The van der Waals surface area contributed by atoms with Crippen LogP contribution in [0.2, 0.25) is 0 Å². The van der Waals surface area contributed by atoms with E-state index < -0.39 is 20.0 Å². The van der Waals surface area contributed by atoms with Crippen LogP contribution in [0.3, 0.4) is 0 Å². The Labute approximate surface area is 168 Å². The molecule has 3 rings (SSSR count). The molecular weight excluding hydrogens is 422 g/mol. The molecule has 2 N–H and O–H groups in total. The third-order valence-electron chi connectivity index (χ3n) is 4.13. The number of hydrogen-bond donors (Lipinski definition) is 2. The van der Waals surface area contributed by atoms with Gasteiger partial charge in [0, 0.05) is 18.0 Å². The molecule has 1 amide bonds. The number of hydrogen-bond acceptors (Lipinski definition) is 6. The molecule has 1 saturated heterocycles. The minimum Gasteiger partial charge on any atom is -0.324 e. The highest BCUT2D eigenvalue weighted by atomic mass is 32.2. The van der Waals surface area contributed by atoms with E-state index in [9.17, 15) is 21.6 Å². The second-order valence-corrected chi connectivity index (χ2v) is 11.6. The molecule has 0 aliphatic carbocycles. The van der Waals surface area contributed by atoms with Crippen molar-refractivity contribution in [1.29, 1.82) is 0 Å². The van der Waals surface area contributed by atoms with Gasteiger partial charge in [0.05, 0.1) is 24.1 Å². The van der Waals surface area contributed by atoms with E-state index >= 15 is 0 Å². The van der Waals surface area contributed by atoms with Gasteiger partial charge in [0.25, 0.3) is 10.0 Å². The molecule has 1 aromatic heterocycles. The number of anilines is 2. The molecule has 2 heterocycles. The molecule has 1 fully saturated rings. The first-order valence-electron chi connectivity index (χ1n) is 8.61. The summed E-state index contributed by atoms with van der Waals surface area (Å²) < 4.78 is 52.1. The van der Waals surface area contributed by atoms with Crippen LogP contribution in [0, 0.1) is 0 Å². The second kappa shape index (κ2) is 8.19. The van der Waals surface area contributed by atoms with Crippen LogP contribution < -0.4 is 10.0 Å². The van der Waals surface area contributed by atoms with Crippen LogP contribution in [0.1, 0.15) is 17.7 Å². The average Bonchev–Trinajstić information content (AvgIpc) is 3.27. The summed E-state index contributed by atoms with van der Waals surface area (Å²) in [7, 11) is -6.98. The molecule has 0 unspecified atom stereocenters. The fraction of sp³-hybridized carbons (Fsp3) is 0.353. The van der Waals surface area contributed by atoms with Crippen LogP contribution in [0.15, 0.2) is 40.6 Å². The SMILES string of the molecule is CS(=O)(=O)Nc1ccccc1NC(=O)Cc1ccc(S(=O)(=O)N2CCCC2)s1. The Morgan fingerprint density at radius 2 is 1.68 bits per heavy atom. The minimum atomic E-state index is -3.50. The van der Waals surface area contributed by atoms with Crippen molar-refractivity contribution < 1.29 is 21.6 Å². The summed E-state index contributed by atoms with van der Waals surface area (Å²) in [5.74, 6) is -0.366. The molecule has 0 bridgehead atoms. The maximum atomic E-state index is 12.6. The van der Waals surface area contributed by atoms with E-state index in [4.69, 9.17) is 0 Å². The summed E-state index contributed by atoms with van der Waals surface area (Å²) in [5, 5.41) is 2.67. The smallest absolute Gasteiger partial charge is 0.252 e. The maximum Gasteiger partial charge on any atom is 0.252 e. The van der Waals surface area contributed by atoms with Crippen LogP contribution >= 0.6 is 11.3 Å². The molecule has 28 heavy (non-hydrogen) atoms. The molecule has 11 heteroatoms. The Balaban J connectivity index is 1.69. The van der Waals surface area contributed by atoms with Crippen LogP contribution in [-0.4, -0.2) is 46.4 Å². The van der Waals surface area contributed by atoms with Crippen molar-refractivity contribution in [1.82, 2.24) is 4.31 Å². The standard InChI is InChI=1S/C17H21N3O5S3/c1-27(22,23)19-15-7-3-2-6-14(15)18-16(21)12-13-8-9-17(26-13)28(24,25)20-10-4-5-11-20/h2-3,6-9,19H,4-5,10-12H2,1H3,(H,18,21). The van der Waals surface area contributed by atoms with E-state index in [2.05, 4.69) is 10.0 Å². The Kier molecular flexibility index (Phi) is 6.08. The van der Waals surface area contributed by atoms with Crippen LogP contribution in [-0.2, 0) is 31.3 Å². The molecule has 1 aliphatic rings. The summed E-state index contributed by atoms with van der Waals surface area (Å²) in [6.07, 6.45) is 2.74. The first-order valence-corrected chi connectivity index (χ1v) is 12.8. The van der Waals surface area contributed by atoms with Crippen molar-refractivity contribution in [2.24, 2.45) is 0 Å². The predicted octanol–water partition coefficient (Wildman–Crippen LogP) is 2.09. The molecule has 2 aromatic rings. The average molecular weight is 444 g/mol. The highest BCUT2D eigenvalue weighted by Gasteiger charge is 2.28. The van der Waals surface area contributed by atoms with Crippen LogP contribution in [0.25, 0.3) is 0 Å². The van der Waals surface area contributed by atoms with Gasteiger partial charge in [0.1, 0.15) is 4.21 Å². The summed E-state index contributed by atoms with van der Waals surface area (Å²) in [5.41, 5.74) is 0.598. The molecular formula is C17H21N3O5S3. The number of thiophene rings is 1. The van der Waals surface area contributed by atoms with E-state index in [-0.39, 0.29) is 22.2 Å². The zero-order valence-corrected chi connectivity index (χ0v) is 17.7. The van der Waals surface area contributed by atoms with E-state index in [1.54, 1.807) is 30.3 Å². The van der Waals surface area contributed by atoms with Gasteiger partial charge in [-0.25, -0.2) is 16.8 Å². The highest BCUT2D eigenvalue weighted by Crippen LogP contribution is 2.28. The minimum absolute atomic E-state index is 0.00655. The summed E-state index contributed by atoms with van der Waals surface area (Å²) >= 11 is 1.08. The molecule has 0 atom stereocenters. The Morgan fingerprint density at radius 3 is 2.32 bits per heavy atom. The predicted molar refractivity (Wildman–Crippen MR) is 110 cm³/mol. The van der Waals surface area contributed by atoms with Crippen molar-refractivity contribution in [3.63, 3.8) is 0 Å². The molecule has 1 aromatic carbocycles. The molecule has 1 aliphatic heterocycles. The number of carbonyl (C=O) groups excluding carboxylic acids is 1. The van der Waals surface area contributed by atoms with Crippen molar-refractivity contribution >= 4 is 48.7 Å². The highest BCUT2D eigenvalue weighted by molar-refractivity contribution is 7.92. The van der Waals surface area contributed by atoms with Crippen molar-refractivity contribution in [2.45, 2.75) is 23.5 Å². The van der Waals surface area contributed by atoms with Gasteiger partial charge in [-0.05, 0) is 37.1 Å². The van der Waals surface area contributed by atoms with E-state index in [1.165, 1.54) is 10.4 Å². The van der Waals surface area contributed by atoms with Gasteiger partial charge < -0.3 is 5.32 Å². The van der Waals surface area contributed by atoms with Gasteiger partial charge in [0.2, 0.25) is 15.9 Å². The fourth-order valence-corrected chi connectivity index (χ4v) is 6.48. The second-order valence-electron chi connectivity index (χ2n) is 6.48. The number of amides is 1. The number of nitrogens with one attached hydrogen (secondary N) is 2. The lowest BCUT2D eigenvalue weighted by Gasteiger charge is -2.13. The maximum absolute atomic E-state index is 12.6. The van der Waals surface area contributed by atoms with E-state index in [0.29, 0.717) is 23.7 Å². The van der Waals surface area contributed by atoms with Gasteiger partial charge >= 0.3 is 0 Å². The van der Waals surface area contributed by atoms with Gasteiger partial charge in [-0.1, -0.05) is 12.1 Å². The summed E-state index contributed by atoms with van der Waals surface area (Å²) in [6, 6.07) is 9.62. The Morgan fingerprint density at radius 1 is 1.04 bits per heavy atom. The van der Waals surface area contributed by atoms with Crippen molar-refractivity contribution in [3.8, 4) is 0 Å². The monoisotopic (exact) mass is 443 g/mol. The fourth-order valence-electron chi connectivity index (χ4n) is 2.88. The lowest BCUT2D eigenvalue weighted by molar-refractivity contribution is -0.115. The van der Waals surface area contributed by atoms with Gasteiger partial charge in [0.15, 0.2) is 0 Å². The third-order valence-corrected chi connectivity index (χ3v) is 8.17. The van der Waals surface area contributed by atoms with Gasteiger partial charge in [-0.15, -0.1) is 11.3 Å². The summed E-state index contributed by atoms with van der Waals surface area (Å²) in [6.45, 7) is 1.06. The quantitative estimate of drug-likeness (QED) is 0.680. The molecule has 0 saturated carbocycles. The molecule has 0 radical (unpaired) electrons. The number of carbonyl (C=O) groups is 1. The van der Waals surface area contributed by atoms with Crippen LogP contribution in [0.4, 0.5) is 11.4 Å². The molecule has 0 spiro atoms. The lowest BCUT2D eigenvalue weighted by atomic mass is 10.2. The largest absolute Gasteiger partial charge is 0.324 e. The molecule has 152 valence electrons. The first kappa shape index (κ1) is 20.8. The zero-order chi connectivity index (χ0) is 20.4. The number of rotatable bonds is 7. The normalized spacial score (nSPS) is 15.5. The van der Waals surface area contributed by atoms with Crippen molar-refractivity contribution in [2.75, 3.05) is 29.4 Å². The Bertz CT molecular complexity index is 1070. The third kappa shape index (κ3) is 5.10. The Hall–Kier alpha value is -1.95. The van der Waals surface area contributed by atoms with Gasteiger partial charge in [-0.2, -0.15) is 4.31 Å². The molecule has 8 nitrogen and oxygen atoms in total.